The molecule has 0 aliphatic carbocycles. The maximum atomic E-state index is 11.2. The van der Waals surface area contributed by atoms with Gasteiger partial charge in [-0.1, -0.05) is 0 Å². The van der Waals surface area contributed by atoms with E-state index in [-0.39, 0.29) is 6.42 Å². The fraction of sp³-hybridized carbons (Fsp3) is 0.857. The second-order valence-electron chi connectivity index (χ2n) is 3.54. The van der Waals surface area contributed by atoms with Crippen molar-refractivity contribution >= 4 is 13.6 Å². The Balaban J connectivity index is 3.15. The molecule has 1 aliphatic heterocycles. The van der Waals surface area contributed by atoms with E-state index in [9.17, 15) is 9.36 Å². The molecule has 1 unspecified atom stereocenters. The van der Waals surface area contributed by atoms with Gasteiger partial charge in [-0.15, -0.1) is 0 Å². The van der Waals surface area contributed by atoms with Gasteiger partial charge in [0.25, 0.3) is 0 Å². The highest BCUT2D eigenvalue weighted by molar-refractivity contribution is 7.54. The molecule has 0 aromatic heterocycles. The van der Waals surface area contributed by atoms with E-state index in [0.717, 1.165) is 6.42 Å². The quantitative estimate of drug-likeness (QED) is 0.572. The van der Waals surface area contributed by atoms with Crippen LogP contribution in [0.2, 0.25) is 0 Å². The fourth-order valence-corrected chi connectivity index (χ4v) is 3.10. The zero-order valence-corrected chi connectivity index (χ0v) is 8.78. The van der Waals surface area contributed by atoms with E-state index < -0.39 is 18.8 Å². The Labute approximate surface area is 81.7 Å². The molecule has 14 heavy (non-hydrogen) atoms. The first kappa shape index (κ1) is 11.7. The maximum absolute atomic E-state index is 11.2. The Bertz CT molecular complexity index is 288. The molecule has 1 rings (SSSR count). The second kappa shape index (κ2) is 3.62. The van der Waals surface area contributed by atoms with Crippen molar-refractivity contribution in [1.82, 2.24) is 4.90 Å². The van der Waals surface area contributed by atoms with Crippen molar-refractivity contribution in [3.8, 4) is 0 Å². The minimum absolute atomic E-state index is 0.00309. The Morgan fingerprint density at radius 1 is 1.43 bits per heavy atom. The van der Waals surface area contributed by atoms with Gasteiger partial charge in [-0.05, 0) is 32.9 Å². The van der Waals surface area contributed by atoms with Gasteiger partial charge in [0.1, 0.15) is 0 Å². The van der Waals surface area contributed by atoms with Crippen LogP contribution in [-0.2, 0) is 9.36 Å². The van der Waals surface area contributed by atoms with E-state index in [1.54, 1.807) is 0 Å². The highest BCUT2D eigenvalue weighted by Crippen LogP contribution is 2.56. The lowest BCUT2D eigenvalue weighted by Gasteiger charge is -2.41. The molecule has 0 aromatic carbocycles. The third-order valence-electron chi connectivity index (χ3n) is 2.72. The number of nitrogens with zero attached hydrogens (tertiary/aromatic N) is 1. The van der Waals surface area contributed by atoms with Gasteiger partial charge in [0.05, 0.1) is 0 Å². The molecule has 3 N–H and O–H groups in total. The molecule has 1 atom stereocenters. The Morgan fingerprint density at radius 3 is 2.29 bits per heavy atom. The zero-order chi connectivity index (χ0) is 11.0. The topological polar surface area (TPSA) is 98.1 Å². The third kappa shape index (κ3) is 1.59. The molecular formula is C7H14NO5P. The molecular weight excluding hydrogens is 209 g/mol. The SMILES string of the molecule is CN1CCCCC1(C(=O)O)P(=O)(O)O. The van der Waals surface area contributed by atoms with Crippen LogP contribution in [0, 0.1) is 0 Å². The van der Waals surface area contributed by atoms with E-state index in [0.29, 0.717) is 13.0 Å². The van der Waals surface area contributed by atoms with Crippen LogP contribution in [-0.4, -0.2) is 44.6 Å². The van der Waals surface area contributed by atoms with Crippen LogP contribution in [0.4, 0.5) is 0 Å². The summed E-state index contributed by atoms with van der Waals surface area (Å²) in [5.74, 6) is -1.44. The number of piperidine rings is 1. The smallest absolute Gasteiger partial charge is 0.357 e. The summed E-state index contributed by atoms with van der Waals surface area (Å²) in [5, 5.41) is 6.95. The summed E-state index contributed by atoms with van der Waals surface area (Å²) < 4.78 is 11.2. The molecule has 1 aliphatic rings. The van der Waals surface area contributed by atoms with Gasteiger partial charge >= 0.3 is 13.6 Å². The molecule has 0 radical (unpaired) electrons. The lowest BCUT2D eigenvalue weighted by Crippen LogP contribution is -2.54. The summed E-state index contributed by atoms with van der Waals surface area (Å²) in [6.45, 7) is 0.400. The average Bonchev–Trinajstić information content (AvgIpc) is 2.02. The van der Waals surface area contributed by atoms with Gasteiger partial charge in [0.2, 0.25) is 5.28 Å². The van der Waals surface area contributed by atoms with Crippen molar-refractivity contribution in [2.75, 3.05) is 13.6 Å². The lowest BCUT2D eigenvalue weighted by atomic mass is 10.0. The third-order valence-corrected chi connectivity index (χ3v) is 4.44. The van der Waals surface area contributed by atoms with Crippen LogP contribution in [0.1, 0.15) is 19.3 Å². The molecule has 0 bridgehead atoms. The number of rotatable bonds is 2. The van der Waals surface area contributed by atoms with E-state index in [1.165, 1.54) is 11.9 Å². The summed E-state index contributed by atoms with van der Waals surface area (Å²) in [5.41, 5.74) is 0. The van der Waals surface area contributed by atoms with Crippen LogP contribution in [0.25, 0.3) is 0 Å². The van der Waals surface area contributed by atoms with Gasteiger partial charge in [0, 0.05) is 0 Å². The van der Waals surface area contributed by atoms with Gasteiger partial charge in [-0.25, -0.2) is 4.79 Å². The number of hydrogen-bond donors (Lipinski definition) is 3. The van der Waals surface area contributed by atoms with Crippen molar-refractivity contribution in [1.29, 1.82) is 0 Å². The van der Waals surface area contributed by atoms with Crippen molar-refractivity contribution in [2.24, 2.45) is 0 Å². The van der Waals surface area contributed by atoms with Crippen LogP contribution in [0.3, 0.4) is 0 Å². The molecule has 0 saturated carbocycles. The average molecular weight is 223 g/mol. The zero-order valence-electron chi connectivity index (χ0n) is 7.88. The van der Waals surface area contributed by atoms with Crippen LogP contribution in [0.15, 0.2) is 0 Å². The normalized spacial score (nSPS) is 30.2. The van der Waals surface area contributed by atoms with Crippen molar-refractivity contribution in [3.63, 3.8) is 0 Å². The monoisotopic (exact) mass is 223 g/mol. The van der Waals surface area contributed by atoms with Crippen molar-refractivity contribution in [2.45, 2.75) is 24.5 Å². The highest BCUT2D eigenvalue weighted by Gasteiger charge is 2.57. The first-order valence-corrected chi connectivity index (χ1v) is 5.94. The molecule has 7 heteroatoms. The minimum Gasteiger partial charge on any atom is -0.479 e. The van der Waals surface area contributed by atoms with Gasteiger partial charge in [-0.2, -0.15) is 0 Å². The molecule has 6 nitrogen and oxygen atoms in total. The van der Waals surface area contributed by atoms with E-state index >= 15 is 0 Å². The number of carbonyl (C=O) groups is 1. The lowest BCUT2D eigenvalue weighted by molar-refractivity contribution is -0.147. The fourth-order valence-electron chi connectivity index (χ4n) is 1.86. The number of likely N-dealkylation sites (N-methyl/N-ethyl adjacent to an activating group) is 1. The summed E-state index contributed by atoms with van der Waals surface area (Å²) >= 11 is 0. The van der Waals surface area contributed by atoms with Gasteiger partial charge in [0.15, 0.2) is 0 Å². The number of carboxylic acid groups (broad SMARTS) is 1. The highest BCUT2D eigenvalue weighted by atomic mass is 31.2. The number of carboxylic acids is 1. The molecule has 82 valence electrons. The molecule has 1 saturated heterocycles. The molecule has 1 fully saturated rings. The standard InChI is InChI=1S/C7H14NO5P/c1-8-5-3-2-4-7(8,6(9)10)14(11,12)13/h2-5H2,1H3,(H,9,10)(H2,11,12,13). The second-order valence-corrected chi connectivity index (χ2v) is 5.37. The number of likely N-dealkylation sites (tertiary alicyclic amines) is 1. The van der Waals surface area contributed by atoms with Crippen LogP contribution < -0.4 is 0 Å². The first-order valence-electron chi connectivity index (χ1n) is 4.32. The van der Waals surface area contributed by atoms with Crippen molar-refractivity contribution < 1.29 is 24.3 Å². The van der Waals surface area contributed by atoms with Crippen LogP contribution >= 0.6 is 7.60 Å². The summed E-state index contributed by atoms with van der Waals surface area (Å²) in [4.78, 5) is 30.5. The van der Waals surface area contributed by atoms with E-state index in [4.69, 9.17) is 14.9 Å². The van der Waals surface area contributed by atoms with Gasteiger partial charge in [-0.3, -0.25) is 9.46 Å². The van der Waals surface area contributed by atoms with Gasteiger partial charge < -0.3 is 14.9 Å². The van der Waals surface area contributed by atoms with E-state index in [1.807, 2.05) is 0 Å². The predicted octanol–water partition coefficient (Wildman–Crippen LogP) is 0.0607. The molecule has 1 heterocycles. The largest absolute Gasteiger partial charge is 0.479 e. The Kier molecular flexibility index (Phi) is 3.02. The first-order chi connectivity index (χ1) is 6.32. The minimum atomic E-state index is -4.66. The summed E-state index contributed by atoms with van der Waals surface area (Å²) in [6.07, 6.45) is 1.30. The Hall–Kier alpha value is -0.420. The molecule has 0 amide bonds. The van der Waals surface area contributed by atoms with Crippen LogP contribution in [0.5, 0.6) is 0 Å². The molecule has 0 aromatic rings. The summed E-state index contributed by atoms with van der Waals surface area (Å²) in [6, 6.07) is 0. The number of hydrogen-bond acceptors (Lipinski definition) is 3. The van der Waals surface area contributed by atoms with Crippen molar-refractivity contribution in [3.05, 3.63) is 0 Å². The summed E-state index contributed by atoms with van der Waals surface area (Å²) in [7, 11) is -3.22. The van der Waals surface area contributed by atoms with E-state index in [2.05, 4.69) is 0 Å². The molecule has 0 spiro atoms. The Morgan fingerprint density at radius 2 is 2.00 bits per heavy atom. The predicted molar refractivity (Wildman–Crippen MR) is 48.9 cm³/mol. The maximum Gasteiger partial charge on any atom is 0.357 e. The number of aliphatic carboxylic acids is 1.